The zero-order valence-electron chi connectivity index (χ0n) is 14.0. The molecule has 2 aliphatic rings. The van der Waals surface area contributed by atoms with E-state index >= 15 is 0 Å². The molecule has 2 aliphatic carbocycles. The Morgan fingerprint density at radius 2 is 1.42 bits per heavy atom. The second kappa shape index (κ2) is 6.48. The molecule has 3 rings (SSSR count). The number of carbonyl (C=O) groups excluding carboxylic acids is 2. The van der Waals surface area contributed by atoms with Gasteiger partial charge in [-0.15, -0.1) is 0 Å². The molecule has 4 heteroatoms. The van der Waals surface area contributed by atoms with Crippen LogP contribution >= 0.6 is 0 Å². The van der Waals surface area contributed by atoms with Crippen molar-refractivity contribution in [2.45, 2.75) is 13.3 Å². The van der Waals surface area contributed by atoms with Crippen molar-refractivity contribution in [1.29, 1.82) is 0 Å². The van der Waals surface area contributed by atoms with Gasteiger partial charge in [0.2, 0.25) is 0 Å². The molecule has 0 saturated carbocycles. The van der Waals surface area contributed by atoms with Crippen LogP contribution in [0.15, 0.2) is 53.6 Å². The van der Waals surface area contributed by atoms with E-state index in [1.165, 1.54) is 0 Å². The van der Waals surface area contributed by atoms with E-state index < -0.39 is 0 Å². The first kappa shape index (κ1) is 16.2. The average molecular weight is 324 g/mol. The fraction of sp³-hybridized carbons (Fsp3) is 0.300. The Labute approximate surface area is 141 Å². The van der Waals surface area contributed by atoms with Gasteiger partial charge in [-0.2, -0.15) is 0 Å². The third-order valence-electron chi connectivity index (χ3n) is 4.65. The molecule has 1 aromatic rings. The van der Waals surface area contributed by atoms with E-state index in [-0.39, 0.29) is 23.4 Å². The summed E-state index contributed by atoms with van der Waals surface area (Å²) in [5, 5.41) is 0. The second-order valence-corrected chi connectivity index (χ2v) is 6.05. The average Bonchev–Trinajstić information content (AvgIpc) is 2.63. The van der Waals surface area contributed by atoms with Crippen molar-refractivity contribution in [3.05, 3.63) is 59.2 Å². The van der Waals surface area contributed by atoms with Gasteiger partial charge in [-0.25, -0.2) is 0 Å². The molecule has 4 nitrogen and oxygen atoms in total. The predicted octanol–water partition coefficient (Wildman–Crippen LogP) is 3.07. The zero-order chi connectivity index (χ0) is 17.3. The number of methoxy groups -OCH3 is 2. The number of allylic oxidation sites excluding steroid dienone is 6. The van der Waals surface area contributed by atoms with Crippen molar-refractivity contribution < 1.29 is 19.1 Å². The maximum Gasteiger partial charge on any atom is 0.167 e. The van der Waals surface area contributed by atoms with E-state index in [1.54, 1.807) is 27.2 Å². The predicted molar refractivity (Wildman–Crippen MR) is 91.2 cm³/mol. The maximum absolute atomic E-state index is 12.9. The number of fused-ring (bicyclic) bond motifs is 1. The first-order valence-electron chi connectivity index (χ1n) is 7.90. The molecule has 0 N–H and O–H groups in total. The molecule has 0 saturated heterocycles. The molecule has 0 aromatic heterocycles. The summed E-state index contributed by atoms with van der Waals surface area (Å²) in [7, 11) is 3.17. The molecule has 0 bridgehead atoms. The number of Topliss-reactive ketones (excluding diaryl/α,β-unsaturated/α-hetero) is 2. The second-order valence-electron chi connectivity index (χ2n) is 6.05. The number of ether oxygens (including phenoxy) is 2. The highest BCUT2D eigenvalue weighted by Crippen LogP contribution is 2.35. The van der Waals surface area contributed by atoms with Crippen LogP contribution in [0.3, 0.4) is 0 Å². The van der Waals surface area contributed by atoms with Crippen LogP contribution in [0.4, 0.5) is 0 Å². The van der Waals surface area contributed by atoms with E-state index in [9.17, 15) is 9.59 Å². The Kier molecular flexibility index (Phi) is 4.38. The Morgan fingerprint density at radius 3 is 1.96 bits per heavy atom. The molecule has 0 amide bonds. The van der Waals surface area contributed by atoms with E-state index in [0.717, 1.165) is 5.56 Å². The van der Waals surface area contributed by atoms with Gasteiger partial charge in [0.15, 0.2) is 11.6 Å². The number of carbonyl (C=O) groups is 2. The van der Waals surface area contributed by atoms with Crippen molar-refractivity contribution >= 4 is 11.6 Å². The van der Waals surface area contributed by atoms with Gasteiger partial charge in [0.1, 0.15) is 11.5 Å². The highest BCUT2D eigenvalue weighted by Gasteiger charge is 2.39. The smallest absolute Gasteiger partial charge is 0.167 e. The number of ketones is 2. The minimum atomic E-state index is -0.381. The maximum atomic E-state index is 12.9. The van der Waals surface area contributed by atoms with Gasteiger partial charge in [-0.05, 0) is 30.2 Å². The normalized spacial score (nSPS) is 22.6. The highest BCUT2D eigenvalue weighted by molar-refractivity contribution is 6.15. The largest absolute Gasteiger partial charge is 0.497 e. The van der Waals surface area contributed by atoms with Crippen molar-refractivity contribution in [2.24, 2.45) is 11.8 Å². The molecule has 124 valence electrons. The molecule has 24 heavy (non-hydrogen) atoms. The first-order chi connectivity index (χ1) is 11.5. The monoisotopic (exact) mass is 324 g/mol. The van der Waals surface area contributed by atoms with Crippen molar-refractivity contribution in [1.82, 2.24) is 0 Å². The SMILES string of the molecule is COc1cc(CC2=C(C)C(=O)C3C=CC=CC3C2=O)cc(OC)c1. The molecule has 0 heterocycles. The number of rotatable bonds is 4. The number of hydrogen-bond donors (Lipinski definition) is 0. The van der Waals surface area contributed by atoms with Gasteiger partial charge in [0.05, 0.1) is 26.1 Å². The summed E-state index contributed by atoms with van der Waals surface area (Å²) >= 11 is 0. The fourth-order valence-corrected chi connectivity index (χ4v) is 3.29. The molecular weight excluding hydrogens is 304 g/mol. The van der Waals surface area contributed by atoms with Crippen LogP contribution in [0, 0.1) is 11.8 Å². The molecule has 2 unspecified atom stereocenters. The van der Waals surface area contributed by atoms with Gasteiger partial charge < -0.3 is 9.47 Å². The Bertz CT molecular complexity index is 761. The van der Waals surface area contributed by atoms with E-state index in [2.05, 4.69) is 0 Å². The van der Waals surface area contributed by atoms with Crippen LogP contribution in [0.2, 0.25) is 0 Å². The Balaban J connectivity index is 1.98. The van der Waals surface area contributed by atoms with Crippen molar-refractivity contribution in [3.63, 3.8) is 0 Å². The molecule has 0 spiro atoms. The van der Waals surface area contributed by atoms with Crippen LogP contribution in [-0.2, 0) is 16.0 Å². The van der Waals surface area contributed by atoms with Crippen LogP contribution in [-0.4, -0.2) is 25.8 Å². The lowest BCUT2D eigenvalue weighted by atomic mass is 9.71. The number of benzene rings is 1. The summed E-state index contributed by atoms with van der Waals surface area (Å²) in [4.78, 5) is 25.5. The summed E-state index contributed by atoms with van der Waals surface area (Å²) in [5.74, 6) is 0.649. The third kappa shape index (κ3) is 2.80. The lowest BCUT2D eigenvalue weighted by Crippen LogP contribution is -2.36. The number of hydrogen-bond acceptors (Lipinski definition) is 4. The van der Waals surface area contributed by atoms with Gasteiger partial charge in [-0.3, -0.25) is 9.59 Å². The van der Waals surface area contributed by atoms with Crippen LogP contribution in [0.5, 0.6) is 11.5 Å². The summed E-state index contributed by atoms with van der Waals surface area (Å²) in [6, 6.07) is 5.51. The Morgan fingerprint density at radius 1 is 0.875 bits per heavy atom. The van der Waals surface area contributed by atoms with Crippen LogP contribution in [0.1, 0.15) is 12.5 Å². The van der Waals surface area contributed by atoms with E-state index in [0.29, 0.717) is 29.1 Å². The molecule has 0 aliphatic heterocycles. The molecule has 2 atom stereocenters. The van der Waals surface area contributed by atoms with Gasteiger partial charge in [0, 0.05) is 18.1 Å². The lowest BCUT2D eigenvalue weighted by molar-refractivity contribution is -0.127. The quantitative estimate of drug-likeness (QED) is 0.854. The van der Waals surface area contributed by atoms with Crippen LogP contribution in [0.25, 0.3) is 0 Å². The van der Waals surface area contributed by atoms with Gasteiger partial charge >= 0.3 is 0 Å². The summed E-state index contributed by atoms with van der Waals surface area (Å²) < 4.78 is 10.6. The molecule has 0 fully saturated rings. The van der Waals surface area contributed by atoms with E-state index in [4.69, 9.17) is 9.47 Å². The summed E-state index contributed by atoms with van der Waals surface area (Å²) in [6.45, 7) is 1.75. The zero-order valence-corrected chi connectivity index (χ0v) is 14.0. The minimum absolute atomic E-state index is 0.0273. The summed E-state index contributed by atoms with van der Waals surface area (Å²) in [5.41, 5.74) is 2.02. The molecule has 1 aromatic carbocycles. The topological polar surface area (TPSA) is 52.6 Å². The fourth-order valence-electron chi connectivity index (χ4n) is 3.29. The van der Waals surface area contributed by atoms with Crippen molar-refractivity contribution in [3.8, 4) is 11.5 Å². The first-order valence-corrected chi connectivity index (χ1v) is 7.90. The van der Waals surface area contributed by atoms with Gasteiger partial charge in [0.25, 0.3) is 0 Å². The minimum Gasteiger partial charge on any atom is -0.497 e. The van der Waals surface area contributed by atoms with Crippen molar-refractivity contribution in [2.75, 3.05) is 14.2 Å². The third-order valence-corrected chi connectivity index (χ3v) is 4.65. The highest BCUT2D eigenvalue weighted by atomic mass is 16.5. The summed E-state index contributed by atoms with van der Waals surface area (Å²) in [6.07, 6.45) is 7.70. The van der Waals surface area contributed by atoms with Gasteiger partial charge in [-0.1, -0.05) is 24.3 Å². The Hall–Kier alpha value is -2.62. The molecular formula is C20H20O4. The van der Waals surface area contributed by atoms with E-state index in [1.807, 2.05) is 36.4 Å². The van der Waals surface area contributed by atoms with Crippen LogP contribution < -0.4 is 9.47 Å². The standard InChI is InChI=1S/C20H20O4/c1-12-18(10-13-8-14(23-2)11-15(9-13)24-3)20(22)17-7-5-4-6-16(17)19(12)21/h4-9,11,16-17H,10H2,1-3H3. The molecule has 0 radical (unpaired) electrons. The lowest BCUT2D eigenvalue weighted by Gasteiger charge is -2.29.